The average Bonchev–Trinajstić information content (AvgIpc) is 3.07. The summed E-state index contributed by atoms with van der Waals surface area (Å²) in [4.78, 5) is 30.9. The average molecular weight is 320 g/mol. The molecule has 0 bridgehead atoms. The van der Waals surface area contributed by atoms with E-state index in [4.69, 9.17) is 5.11 Å². The van der Waals surface area contributed by atoms with Gasteiger partial charge in [-0.15, -0.1) is 0 Å². The van der Waals surface area contributed by atoms with Crippen LogP contribution >= 0.6 is 0 Å². The van der Waals surface area contributed by atoms with E-state index in [1.807, 2.05) is 12.1 Å². The molecular weight excluding hydrogens is 296 g/mol. The van der Waals surface area contributed by atoms with Crippen molar-refractivity contribution in [3.05, 3.63) is 23.9 Å². The van der Waals surface area contributed by atoms with Crippen molar-refractivity contribution in [1.29, 1.82) is 0 Å². The molecule has 1 aromatic rings. The quantitative estimate of drug-likeness (QED) is 0.830. The lowest BCUT2D eigenvalue weighted by Gasteiger charge is -2.20. The number of nitrogens with zero attached hydrogens (tertiary/aromatic N) is 3. The van der Waals surface area contributed by atoms with Crippen LogP contribution in [0.25, 0.3) is 0 Å². The second kappa shape index (κ2) is 7.80. The van der Waals surface area contributed by atoms with Crippen LogP contribution < -0.4 is 10.2 Å². The third kappa shape index (κ3) is 4.84. The minimum Gasteiger partial charge on any atom is -0.481 e. The first-order valence-electron chi connectivity index (χ1n) is 7.89. The van der Waals surface area contributed by atoms with Gasteiger partial charge < -0.3 is 20.2 Å². The van der Waals surface area contributed by atoms with E-state index < -0.39 is 11.9 Å². The van der Waals surface area contributed by atoms with Gasteiger partial charge in [-0.05, 0) is 30.5 Å². The number of nitrogens with one attached hydrogen (secondary N) is 1. The first-order valence-corrected chi connectivity index (χ1v) is 7.89. The predicted molar refractivity (Wildman–Crippen MR) is 87.3 cm³/mol. The lowest BCUT2D eigenvalue weighted by molar-refractivity contribution is -0.141. The van der Waals surface area contributed by atoms with Crippen LogP contribution in [0.1, 0.15) is 25.3 Å². The molecule has 0 radical (unpaired) electrons. The third-order valence-electron chi connectivity index (χ3n) is 4.00. The molecule has 0 spiro atoms. The Bertz CT molecular complexity index is 558. The van der Waals surface area contributed by atoms with Gasteiger partial charge in [0.25, 0.3) is 0 Å². The molecule has 2 heterocycles. The summed E-state index contributed by atoms with van der Waals surface area (Å²) in [5.74, 6) is -0.551. The molecule has 1 unspecified atom stereocenters. The van der Waals surface area contributed by atoms with Gasteiger partial charge in [0.1, 0.15) is 5.82 Å². The van der Waals surface area contributed by atoms with Gasteiger partial charge in [0, 0.05) is 39.4 Å². The summed E-state index contributed by atoms with van der Waals surface area (Å²) in [7, 11) is 1.59. The number of carbonyl (C=O) groups is 2. The topological polar surface area (TPSA) is 85.8 Å². The zero-order valence-corrected chi connectivity index (χ0v) is 13.7. The molecule has 1 aliphatic heterocycles. The molecule has 0 aromatic carbocycles. The fourth-order valence-corrected chi connectivity index (χ4v) is 2.57. The molecule has 0 aliphatic carbocycles. The molecule has 1 aromatic heterocycles. The predicted octanol–water partition coefficient (Wildman–Crippen LogP) is 1.54. The summed E-state index contributed by atoms with van der Waals surface area (Å²) in [6.45, 7) is 4.21. The number of carboxylic acid groups (broad SMARTS) is 1. The highest BCUT2D eigenvalue weighted by molar-refractivity contribution is 5.75. The number of aromatic nitrogens is 1. The van der Waals surface area contributed by atoms with Crippen LogP contribution in [-0.4, -0.2) is 53.7 Å². The van der Waals surface area contributed by atoms with Crippen molar-refractivity contribution in [3.63, 3.8) is 0 Å². The highest BCUT2D eigenvalue weighted by Gasteiger charge is 2.17. The van der Waals surface area contributed by atoms with Crippen LogP contribution in [0.15, 0.2) is 18.3 Å². The van der Waals surface area contributed by atoms with Gasteiger partial charge in [-0.3, -0.25) is 4.79 Å². The van der Waals surface area contributed by atoms with E-state index in [2.05, 4.69) is 15.2 Å². The summed E-state index contributed by atoms with van der Waals surface area (Å²) in [5, 5.41) is 11.7. The number of hydrogen-bond donors (Lipinski definition) is 2. The molecule has 2 rings (SSSR count). The van der Waals surface area contributed by atoms with Gasteiger partial charge in [0.15, 0.2) is 0 Å². The van der Waals surface area contributed by atoms with Crippen molar-refractivity contribution in [2.45, 2.75) is 26.3 Å². The zero-order chi connectivity index (χ0) is 16.8. The van der Waals surface area contributed by atoms with Gasteiger partial charge in [-0.1, -0.05) is 6.92 Å². The maximum Gasteiger partial charge on any atom is 0.317 e. The summed E-state index contributed by atoms with van der Waals surface area (Å²) >= 11 is 0. The van der Waals surface area contributed by atoms with Gasteiger partial charge in [0.2, 0.25) is 0 Å². The highest BCUT2D eigenvalue weighted by Crippen LogP contribution is 2.18. The van der Waals surface area contributed by atoms with Crippen LogP contribution in [0.2, 0.25) is 0 Å². The van der Waals surface area contributed by atoms with E-state index in [1.165, 1.54) is 17.7 Å². The molecule has 7 heteroatoms. The largest absolute Gasteiger partial charge is 0.481 e. The zero-order valence-electron chi connectivity index (χ0n) is 13.7. The second-order valence-corrected chi connectivity index (χ2v) is 5.99. The van der Waals surface area contributed by atoms with Crippen LogP contribution in [0.4, 0.5) is 10.6 Å². The van der Waals surface area contributed by atoms with E-state index in [0.717, 1.165) is 24.5 Å². The van der Waals surface area contributed by atoms with Crippen LogP contribution in [0, 0.1) is 5.92 Å². The van der Waals surface area contributed by atoms with E-state index >= 15 is 0 Å². The van der Waals surface area contributed by atoms with Gasteiger partial charge in [0.05, 0.1) is 5.92 Å². The Morgan fingerprint density at radius 1 is 1.43 bits per heavy atom. The van der Waals surface area contributed by atoms with Crippen LogP contribution in [-0.2, 0) is 11.3 Å². The third-order valence-corrected chi connectivity index (χ3v) is 4.00. The van der Waals surface area contributed by atoms with E-state index in [1.54, 1.807) is 20.2 Å². The summed E-state index contributed by atoms with van der Waals surface area (Å²) in [5.41, 5.74) is 0.981. The maximum absolute atomic E-state index is 12.0. The Morgan fingerprint density at radius 3 is 2.78 bits per heavy atom. The number of carbonyl (C=O) groups excluding carboxylic acids is 1. The Morgan fingerprint density at radius 2 is 2.13 bits per heavy atom. The van der Waals surface area contributed by atoms with E-state index in [9.17, 15) is 9.59 Å². The number of hydrogen-bond acceptors (Lipinski definition) is 4. The molecule has 2 N–H and O–H groups in total. The maximum atomic E-state index is 12.0. The Hall–Kier alpha value is -2.31. The number of anilines is 1. The van der Waals surface area contributed by atoms with E-state index in [-0.39, 0.29) is 12.6 Å². The summed E-state index contributed by atoms with van der Waals surface area (Å²) in [6, 6.07) is 3.59. The SMILES string of the molecule is CC(CN(C)C(=O)NCc1ccnc(N2CCCC2)c1)C(=O)O. The monoisotopic (exact) mass is 320 g/mol. The van der Waals surface area contributed by atoms with Crippen molar-refractivity contribution in [3.8, 4) is 0 Å². The lowest BCUT2D eigenvalue weighted by Crippen LogP contribution is -2.40. The normalized spacial score (nSPS) is 15.3. The van der Waals surface area contributed by atoms with Gasteiger partial charge >= 0.3 is 12.0 Å². The Balaban J connectivity index is 1.86. The molecule has 1 fully saturated rings. The molecule has 0 saturated carbocycles. The fourth-order valence-electron chi connectivity index (χ4n) is 2.57. The number of amides is 2. The second-order valence-electron chi connectivity index (χ2n) is 5.99. The number of rotatable bonds is 6. The first kappa shape index (κ1) is 17.1. The van der Waals surface area contributed by atoms with Crippen molar-refractivity contribution in [2.24, 2.45) is 5.92 Å². The number of aliphatic carboxylic acids is 1. The summed E-state index contributed by atoms with van der Waals surface area (Å²) in [6.07, 6.45) is 4.13. The molecule has 2 amide bonds. The molecule has 1 atom stereocenters. The molecular formula is C16H24N4O3. The molecule has 23 heavy (non-hydrogen) atoms. The standard InChI is InChI=1S/C16H24N4O3/c1-12(15(21)22)11-19(2)16(23)18-10-13-5-6-17-14(9-13)20-7-3-4-8-20/h5-6,9,12H,3-4,7-8,10-11H2,1-2H3,(H,18,23)(H,21,22). The van der Waals surface area contributed by atoms with Crippen molar-refractivity contribution >= 4 is 17.8 Å². The smallest absolute Gasteiger partial charge is 0.317 e. The van der Waals surface area contributed by atoms with Crippen molar-refractivity contribution in [1.82, 2.24) is 15.2 Å². The van der Waals surface area contributed by atoms with Crippen LogP contribution in [0.3, 0.4) is 0 Å². The fraction of sp³-hybridized carbons (Fsp3) is 0.562. The number of urea groups is 1. The molecule has 126 valence electrons. The summed E-state index contributed by atoms with van der Waals surface area (Å²) < 4.78 is 0. The Kier molecular flexibility index (Phi) is 5.78. The Labute approximate surface area is 136 Å². The van der Waals surface area contributed by atoms with Gasteiger partial charge in [-0.25, -0.2) is 9.78 Å². The molecule has 7 nitrogen and oxygen atoms in total. The van der Waals surface area contributed by atoms with Crippen LogP contribution in [0.5, 0.6) is 0 Å². The number of carboxylic acids is 1. The van der Waals surface area contributed by atoms with Crippen molar-refractivity contribution in [2.75, 3.05) is 31.6 Å². The van der Waals surface area contributed by atoms with Crippen molar-refractivity contribution < 1.29 is 14.7 Å². The lowest BCUT2D eigenvalue weighted by atomic mass is 10.2. The van der Waals surface area contributed by atoms with Gasteiger partial charge in [-0.2, -0.15) is 0 Å². The number of pyridine rings is 1. The molecule has 1 aliphatic rings. The minimum atomic E-state index is -0.908. The molecule has 1 saturated heterocycles. The highest BCUT2D eigenvalue weighted by atomic mass is 16.4. The van der Waals surface area contributed by atoms with E-state index in [0.29, 0.717) is 6.54 Å². The minimum absolute atomic E-state index is 0.177. The first-order chi connectivity index (χ1) is 11.0.